The van der Waals surface area contributed by atoms with Gasteiger partial charge < -0.3 is 29.6 Å². The van der Waals surface area contributed by atoms with Gasteiger partial charge in [-0.05, 0) is 29.2 Å². The number of carbonyl (C=O) groups is 3. The van der Waals surface area contributed by atoms with Gasteiger partial charge in [-0.15, -0.1) is 0 Å². The molecule has 3 N–H and O–H groups in total. The van der Waals surface area contributed by atoms with E-state index in [0.29, 0.717) is 6.61 Å². The van der Waals surface area contributed by atoms with Gasteiger partial charge in [0.1, 0.15) is 30.3 Å². The number of hydrogen-bond acceptors (Lipinski definition) is 8. The summed E-state index contributed by atoms with van der Waals surface area (Å²) in [6.45, 7) is 2.13. The Balaban J connectivity index is 1.47. The van der Waals surface area contributed by atoms with Crippen LogP contribution in [0.15, 0.2) is 133 Å². The summed E-state index contributed by atoms with van der Waals surface area (Å²) in [5.74, 6) is -0.938. The summed E-state index contributed by atoms with van der Waals surface area (Å²) in [5.41, 5.74) is 3.78. The van der Waals surface area contributed by atoms with Crippen LogP contribution in [0.4, 0.5) is 4.79 Å². The first kappa shape index (κ1) is 35.0. The Hall–Kier alpha value is -5.29. The second-order valence-corrected chi connectivity index (χ2v) is 11.6. The molecule has 4 aromatic rings. The van der Waals surface area contributed by atoms with Gasteiger partial charge in [0.2, 0.25) is 0 Å². The van der Waals surface area contributed by atoms with Crippen molar-refractivity contribution < 1.29 is 33.3 Å². The van der Waals surface area contributed by atoms with Crippen molar-refractivity contribution in [3.05, 3.63) is 155 Å². The molecule has 1 saturated heterocycles. The van der Waals surface area contributed by atoms with Crippen molar-refractivity contribution in [3.8, 4) is 0 Å². The third-order valence-electron chi connectivity index (χ3n) is 7.72. The third-order valence-corrected chi connectivity index (χ3v) is 7.72. The summed E-state index contributed by atoms with van der Waals surface area (Å²) in [5, 5.41) is 8.62. The standard InChI is InChI=1S/C39H41N3O7/c1-28(43)22-40-38(44)35(42-39(45)49-26-32-20-12-5-13-21-32)34-37(48-25-31-18-10-4-11-19-31)36(47-24-30-16-8-3-9-17-30)33(41-34)27-46-23-29-14-6-2-7-15-29/h2-21,33,36-37,41H,22-27H2,1H3,(H,40,44)(H,42,45)/b35-34+/t33-,36+,37+/m0/s1. The van der Waals surface area contributed by atoms with Crippen LogP contribution in [0.2, 0.25) is 0 Å². The van der Waals surface area contributed by atoms with Crippen LogP contribution in [-0.2, 0) is 55.0 Å². The minimum Gasteiger partial charge on any atom is -0.444 e. The average Bonchev–Trinajstić information content (AvgIpc) is 3.48. The second-order valence-electron chi connectivity index (χ2n) is 11.6. The molecule has 4 aromatic carbocycles. The fourth-order valence-electron chi connectivity index (χ4n) is 5.28. The zero-order chi connectivity index (χ0) is 34.3. The molecule has 0 bridgehead atoms. The van der Waals surface area contributed by atoms with Crippen LogP contribution in [0.1, 0.15) is 29.2 Å². The molecule has 1 aliphatic heterocycles. The minimum absolute atomic E-state index is 0.00945. The van der Waals surface area contributed by atoms with E-state index in [2.05, 4.69) is 16.0 Å². The number of amides is 2. The summed E-state index contributed by atoms with van der Waals surface area (Å²) in [7, 11) is 0. The number of rotatable bonds is 16. The quantitative estimate of drug-likeness (QED) is 0.140. The molecule has 2 amide bonds. The van der Waals surface area contributed by atoms with Crippen molar-refractivity contribution in [2.75, 3.05) is 13.2 Å². The first-order valence-electron chi connectivity index (χ1n) is 16.1. The lowest BCUT2D eigenvalue weighted by Crippen LogP contribution is -2.41. The number of alkyl carbamates (subject to hydrolysis) is 1. The fraction of sp³-hybridized carbons (Fsp3) is 0.256. The minimum atomic E-state index is -0.849. The van der Waals surface area contributed by atoms with E-state index in [1.54, 1.807) is 0 Å². The Bertz CT molecular complexity index is 1670. The Morgan fingerprint density at radius 1 is 0.653 bits per heavy atom. The van der Waals surface area contributed by atoms with Gasteiger partial charge in [-0.1, -0.05) is 121 Å². The van der Waals surface area contributed by atoms with Crippen molar-refractivity contribution in [1.82, 2.24) is 16.0 Å². The zero-order valence-corrected chi connectivity index (χ0v) is 27.4. The molecule has 0 spiro atoms. The maximum absolute atomic E-state index is 13.7. The molecule has 49 heavy (non-hydrogen) atoms. The van der Waals surface area contributed by atoms with Crippen LogP contribution in [-0.4, -0.2) is 49.2 Å². The van der Waals surface area contributed by atoms with Gasteiger partial charge in [0.15, 0.2) is 0 Å². The van der Waals surface area contributed by atoms with Gasteiger partial charge in [-0.25, -0.2) is 4.79 Å². The van der Waals surface area contributed by atoms with E-state index < -0.39 is 30.3 Å². The van der Waals surface area contributed by atoms with Crippen molar-refractivity contribution in [2.45, 2.75) is 51.6 Å². The molecular weight excluding hydrogens is 622 g/mol. The van der Waals surface area contributed by atoms with Crippen LogP contribution >= 0.6 is 0 Å². The molecule has 0 aliphatic carbocycles. The van der Waals surface area contributed by atoms with E-state index in [0.717, 1.165) is 22.3 Å². The lowest BCUT2D eigenvalue weighted by Gasteiger charge is -2.25. The SMILES string of the molecule is CC(=O)CNC(=O)/C(NC(=O)OCc1ccccc1)=C1\N[C@@H](COCc2ccccc2)[C@@H](OCc2ccccc2)[C@@H]1OCc1ccccc1. The van der Waals surface area contributed by atoms with Gasteiger partial charge in [0.05, 0.1) is 44.7 Å². The molecule has 1 fully saturated rings. The molecule has 0 unspecified atom stereocenters. The first-order valence-corrected chi connectivity index (χ1v) is 16.1. The molecule has 0 saturated carbocycles. The van der Waals surface area contributed by atoms with Gasteiger partial charge in [0.25, 0.3) is 5.91 Å². The molecular formula is C39H41N3O7. The number of hydrogen-bond donors (Lipinski definition) is 3. The number of ether oxygens (including phenoxy) is 4. The van der Waals surface area contributed by atoms with Gasteiger partial charge >= 0.3 is 6.09 Å². The van der Waals surface area contributed by atoms with Crippen molar-refractivity contribution in [2.24, 2.45) is 0 Å². The predicted octanol–water partition coefficient (Wildman–Crippen LogP) is 5.19. The summed E-state index contributed by atoms with van der Waals surface area (Å²) >= 11 is 0. The van der Waals surface area contributed by atoms with Gasteiger partial charge in [0, 0.05) is 0 Å². The lowest BCUT2D eigenvalue weighted by molar-refractivity contribution is -0.122. The fourth-order valence-corrected chi connectivity index (χ4v) is 5.28. The topological polar surface area (TPSA) is 124 Å². The second kappa shape index (κ2) is 18.3. The van der Waals surface area contributed by atoms with Crippen molar-refractivity contribution in [3.63, 3.8) is 0 Å². The van der Waals surface area contributed by atoms with E-state index in [1.165, 1.54) is 6.92 Å². The summed E-state index contributed by atoms with van der Waals surface area (Å²) in [6, 6.07) is 37.8. The lowest BCUT2D eigenvalue weighted by atomic mass is 10.1. The van der Waals surface area contributed by atoms with Crippen LogP contribution in [0.3, 0.4) is 0 Å². The van der Waals surface area contributed by atoms with Crippen LogP contribution in [0.25, 0.3) is 0 Å². The highest BCUT2D eigenvalue weighted by molar-refractivity contribution is 5.99. The largest absolute Gasteiger partial charge is 0.444 e. The Labute approximate surface area is 286 Å². The van der Waals surface area contributed by atoms with Crippen LogP contribution < -0.4 is 16.0 Å². The van der Waals surface area contributed by atoms with E-state index in [1.807, 2.05) is 121 Å². The smallest absolute Gasteiger partial charge is 0.412 e. The summed E-state index contributed by atoms with van der Waals surface area (Å²) < 4.78 is 24.7. The van der Waals surface area contributed by atoms with E-state index in [9.17, 15) is 14.4 Å². The predicted molar refractivity (Wildman–Crippen MR) is 184 cm³/mol. The highest BCUT2D eigenvalue weighted by Crippen LogP contribution is 2.29. The Morgan fingerprint density at radius 2 is 1.14 bits per heavy atom. The average molecular weight is 664 g/mol. The van der Waals surface area contributed by atoms with Gasteiger partial charge in [-0.3, -0.25) is 14.9 Å². The van der Waals surface area contributed by atoms with E-state index >= 15 is 0 Å². The molecule has 10 heteroatoms. The van der Waals surface area contributed by atoms with E-state index in [4.69, 9.17) is 18.9 Å². The van der Waals surface area contributed by atoms with Crippen molar-refractivity contribution in [1.29, 1.82) is 0 Å². The molecule has 1 heterocycles. The number of carbonyl (C=O) groups excluding carboxylic acids is 3. The normalized spacial score (nSPS) is 17.9. The number of Topliss-reactive ketones (excluding diaryl/α,β-unsaturated/α-hetero) is 1. The first-order chi connectivity index (χ1) is 24.0. The maximum Gasteiger partial charge on any atom is 0.412 e. The number of ketones is 1. The molecule has 3 atom stereocenters. The van der Waals surface area contributed by atoms with E-state index in [-0.39, 0.29) is 50.1 Å². The molecule has 5 rings (SSSR count). The van der Waals surface area contributed by atoms with Crippen LogP contribution in [0, 0.1) is 0 Å². The maximum atomic E-state index is 13.7. The summed E-state index contributed by atoms with van der Waals surface area (Å²) in [4.78, 5) is 38.7. The molecule has 0 radical (unpaired) electrons. The number of nitrogens with one attached hydrogen (secondary N) is 3. The number of benzene rings is 4. The Kier molecular flexibility index (Phi) is 13.1. The molecule has 1 aliphatic rings. The van der Waals surface area contributed by atoms with Gasteiger partial charge in [-0.2, -0.15) is 0 Å². The highest BCUT2D eigenvalue weighted by atomic mass is 16.6. The van der Waals surface area contributed by atoms with Crippen LogP contribution in [0.5, 0.6) is 0 Å². The van der Waals surface area contributed by atoms with Crippen molar-refractivity contribution >= 4 is 17.8 Å². The third kappa shape index (κ3) is 10.9. The Morgan fingerprint density at radius 3 is 1.67 bits per heavy atom. The molecule has 10 nitrogen and oxygen atoms in total. The highest BCUT2D eigenvalue weighted by Gasteiger charge is 2.44. The zero-order valence-electron chi connectivity index (χ0n) is 27.4. The summed E-state index contributed by atoms with van der Waals surface area (Å²) in [6.07, 6.45) is -2.34. The molecule has 254 valence electrons. The molecule has 0 aromatic heterocycles. The monoisotopic (exact) mass is 663 g/mol.